The van der Waals surface area contributed by atoms with E-state index in [1.807, 2.05) is 44.2 Å². The second kappa shape index (κ2) is 10.3. The Morgan fingerprint density at radius 2 is 1.87 bits per heavy atom. The van der Waals surface area contributed by atoms with Crippen LogP contribution >= 0.6 is 0 Å². The SMILES string of the molecule is CCOC(=O)C#C[C@H](CC(C)C)NC(=O)OCc1ccccc1. The normalized spacial score (nSPS) is 11.1. The van der Waals surface area contributed by atoms with Gasteiger partial charge in [-0.3, -0.25) is 0 Å². The summed E-state index contributed by atoms with van der Waals surface area (Å²) < 4.78 is 9.91. The molecule has 0 aliphatic rings. The maximum absolute atomic E-state index is 11.9. The van der Waals surface area contributed by atoms with Crippen LogP contribution in [0, 0.1) is 17.8 Å². The fourth-order valence-electron chi connectivity index (χ4n) is 1.85. The number of carbonyl (C=O) groups excluding carboxylic acids is 2. The molecule has 1 atom stereocenters. The molecule has 0 radical (unpaired) electrons. The molecule has 0 fully saturated rings. The average molecular weight is 317 g/mol. The van der Waals surface area contributed by atoms with Crippen molar-refractivity contribution >= 4 is 12.1 Å². The molecule has 1 aromatic carbocycles. The number of hydrogen-bond acceptors (Lipinski definition) is 4. The second-order valence-electron chi connectivity index (χ2n) is 5.38. The minimum absolute atomic E-state index is 0.187. The number of amides is 1. The summed E-state index contributed by atoms with van der Waals surface area (Å²) in [6.07, 6.45) is 0.0602. The van der Waals surface area contributed by atoms with Gasteiger partial charge in [-0.25, -0.2) is 9.59 Å². The molecule has 0 saturated carbocycles. The minimum atomic E-state index is -0.597. The Labute approximate surface area is 137 Å². The lowest BCUT2D eigenvalue weighted by molar-refractivity contribution is -0.136. The predicted octanol–water partition coefficient (Wildman–Crippen LogP) is 2.89. The highest BCUT2D eigenvalue weighted by Gasteiger charge is 2.13. The molecule has 5 heteroatoms. The van der Waals surface area contributed by atoms with E-state index >= 15 is 0 Å². The van der Waals surface area contributed by atoms with Crippen LogP contribution in [0.15, 0.2) is 30.3 Å². The van der Waals surface area contributed by atoms with Crippen molar-refractivity contribution in [3.8, 4) is 11.8 Å². The van der Waals surface area contributed by atoms with Crippen LogP contribution in [-0.2, 0) is 20.9 Å². The first-order valence-electron chi connectivity index (χ1n) is 7.66. The first kappa shape index (κ1) is 18.6. The van der Waals surface area contributed by atoms with Crippen LogP contribution in [-0.4, -0.2) is 24.7 Å². The van der Waals surface area contributed by atoms with Crippen molar-refractivity contribution in [2.24, 2.45) is 5.92 Å². The van der Waals surface area contributed by atoms with Crippen LogP contribution in [0.2, 0.25) is 0 Å². The number of benzene rings is 1. The summed E-state index contributed by atoms with van der Waals surface area (Å²) in [7, 11) is 0. The predicted molar refractivity (Wildman–Crippen MR) is 87.4 cm³/mol. The zero-order valence-corrected chi connectivity index (χ0v) is 13.8. The molecule has 1 rings (SSSR count). The van der Waals surface area contributed by atoms with Gasteiger partial charge in [-0.15, -0.1) is 0 Å². The highest BCUT2D eigenvalue weighted by Crippen LogP contribution is 2.05. The Morgan fingerprint density at radius 1 is 1.17 bits per heavy atom. The highest BCUT2D eigenvalue weighted by atomic mass is 16.5. The Balaban J connectivity index is 2.54. The van der Waals surface area contributed by atoms with Gasteiger partial charge in [-0.2, -0.15) is 0 Å². The maximum atomic E-state index is 11.9. The molecule has 0 saturated heterocycles. The molecule has 1 N–H and O–H groups in total. The third kappa shape index (κ3) is 8.52. The Bertz CT molecular complexity index is 557. The molecular weight excluding hydrogens is 294 g/mol. The molecule has 1 amide bonds. The quantitative estimate of drug-likeness (QED) is 0.498. The Kier molecular flexibility index (Phi) is 8.30. The molecule has 0 heterocycles. The van der Waals surface area contributed by atoms with Crippen molar-refractivity contribution in [2.45, 2.75) is 39.8 Å². The van der Waals surface area contributed by atoms with E-state index < -0.39 is 18.1 Å². The molecule has 0 aliphatic heterocycles. The monoisotopic (exact) mass is 317 g/mol. The molecule has 124 valence electrons. The van der Waals surface area contributed by atoms with Crippen molar-refractivity contribution in [3.05, 3.63) is 35.9 Å². The lowest BCUT2D eigenvalue weighted by Crippen LogP contribution is -2.35. The van der Waals surface area contributed by atoms with E-state index in [0.717, 1.165) is 5.56 Å². The van der Waals surface area contributed by atoms with Crippen molar-refractivity contribution < 1.29 is 19.1 Å². The first-order chi connectivity index (χ1) is 11.0. The van der Waals surface area contributed by atoms with E-state index in [9.17, 15) is 9.59 Å². The van der Waals surface area contributed by atoms with Gasteiger partial charge >= 0.3 is 12.1 Å². The Hall–Kier alpha value is -2.48. The maximum Gasteiger partial charge on any atom is 0.408 e. The number of nitrogens with one attached hydrogen (secondary N) is 1. The van der Waals surface area contributed by atoms with E-state index in [-0.39, 0.29) is 13.2 Å². The summed E-state index contributed by atoms with van der Waals surface area (Å²) in [6, 6.07) is 8.94. The first-order valence-corrected chi connectivity index (χ1v) is 7.66. The fraction of sp³-hybridized carbons (Fsp3) is 0.444. The number of esters is 1. The summed E-state index contributed by atoms with van der Waals surface area (Å²) in [5.41, 5.74) is 0.903. The van der Waals surface area contributed by atoms with Gasteiger partial charge in [0.1, 0.15) is 6.61 Å². The van der Waals surface area contributed by atoms with Gasteiger partial charge in [-0.1, -0.05) is 50.1 Å². The standard InChI is InChI=1S/C18H23NO4/c1-4-22-17(20)11-10-16(12-14(2)3)19-18(21)23-13-15-8-6-5-7-9-15/h5-9,14,16H,4,12-13H2,1-3H3,(H,19,21)/t16-/m1/s1. The zero-order chi connectivity index (χ0) is 17.1. The number of ether oxygens (including phenoxy) is 2. The van der Waals surface area contributed by atoms with Crippen LogP contribution in [0.5, 0.6) is 0 Å². The number of alkyl carbamates (subject to hydrolysis) is 1. The molecule has 0 aliphatic carbocycles. The molecule has 1 aromatic rings. The van der Waals surface area contributed by atoms with E-state index in [1.165, 1.54) is 0 Å². The van der Waals surface area contributed by atoms with Crippen molar-refractivity contribution in [3.63, 3.8) is 0 Å². The van der Waals surface area contributed by atoms with Crippen LogP contribution in [0.3, 0.4) is 0 Å². The summed E-state index contributed by atoms with van der Waals surface area (Å²) in [6.45, 7) is 6.19. The third-order valence-electron chi connectivity index (χ3n) is 2.84. The van der Waals surface area contributed by atoms with Gasteiger partial charge in [0.25, 0.3) is 0 Å². The van der Waals surface area contributed by atoms with Gasteiger partial charge in [0, 0.05) is 5.92 Å². The van der Waals surface area contributed by atoms with Gasteiger partial charge in [0.15, 0.2) is 0 Å². The summed E-state index contributed by atoms with van der Waals surface area (Å²) in [5, 5.41) is 2.67. The second-order valence-corrected chi connectivity index (χ2v) is 5.38. The summed E-state index contributed by atoms with van der Waals surface area (Å²) in [5.74, 6) is 4.83. The van der Waals surface area contributed by atoms with Gasteiger partial charge in [0.2, 0.25) is 0 Å². The number of carbonyl (C=O) groups is 2. The molecule has 5 nitrogen and oxygen atoms in total. The molecule has 0 unspecified atom stereocenters. The zero-order valence-electron chi connectivity index (χ0n) is 13.8. The molecule has 23 heavy (non-hydrogen) atoms. The topological polar surface area (TPSA) is 64.6 Å². The van der Waals surface area contributed by atoms with E-state index in [0.29, 0.717) is 12.3 Å². The number of hydrogen-bond donors (Lipinski definition) is 1. The lowest BCUT2D eigenvalue weighted by atomic mass is 10.0. The van der Waals surface area contributed by atoms with E-state index in [1.54, 1.807) is 6.92 Å². The van der Waals surface area contributed by atoms with Gasteiger partial charge in [0.05, 0.1) is 12.6 Å². The lowest BCUT2D eigenvalue weighted by Gasteiger charge is -2.15. The van der Waals surface area contributed by atoms with Gasteiger partial charge in [-0.05, 0) is 24.8 Å². The molecule has 0 aromatic heterocycles. The highest BCUT2D eigenvalue weighted by molar-refractivity contribution is 5.88. The summed E-state index contributed by atoms with van der Waals surface area (Å²) in [4.78, 5) is 23.2. The van der Waals surface area contributed by atoms with E-state index in [4.69, 9.17) is 9.47 Å². The number of rotatable bonds is 6. The van der Waals surface area contributed by atoms with E-state index in [2.05, 4.69) is 17.2 Å². The van der Waals surface area contributed by atoms with Crippen LogP contribution in [0.4, 0.5) is 4.79 Å². The molecule has 0 spiro atoms. The fourth-order valence-corrected chi connectivity index (χ4v) is 1.85. The van der Waals surface area contributed by atoms with Crippen molar-refractivity contribution in [2.75, 3.05) is 6.61 Å². The van der Waals surface area contributed by atoms with Crippen LogP contribution in [0.1, 0.15) is 32.8 Å². The minimum Gasteiger partial charge on any atom is -0.456 e. The van der Waals surface area contributed by atoms with Crippen LogP contribution in [0.25, 0.3) is 0 Å². The Morgan fingerprint density at radius 3 is 2.48 bits per heavy atom. The third-order valence-corrected chi connectivity index (χ3v) is 2.84. The average Bonchev–Trinajstić information content (AvgIpc) is 2.51. The van der Waals surface area contributed by atoms with Crippen molar-refractivity contribution in [1.82, 2.24) is 5.32 Å². The van der Waals surface area contributed by atoms with Crippen LogP contribution < -0.4 is 5.32 Å². The largest absolute Gasteiger partial charge is 0.456 e. The smallest absolute Gasteiger partial charge is 0.408 e. The molecular formula is C18H23NO4. The summed E-state index contributed by atoms with van der Waals surface area (Å²) >= 11 is 0. The van der Waals surface area contributed by atoms with Gasteiger partial charge < -0.3 is 14.8 Å². The molecule has 0 bridgehead atoms. The van der Waals surface area contributed by atoms with Crippen molar-refractivity contribution in [1.29, 1.82) is 0 Å².